The second-order valence-electron chi connectivity index (χ2n) is 6.19. The van der Waals surface area contributed by atoms with E-state index in [1.165, 1.54) is 6.08 Å². The van der Waals surface area contributed by atoms with Crippen molar-refractivity contribution >= 4 is 12.0 Å². The molecule has 1 amide bonds. The summed E-state index contributed by atoms with van der Waals surface area (Å²) < 4.78 is 12.5. The van der Waals surface area contributed by atoms with Crippen LogP contribution in [0.25, 0.3) is 6.08 Å². The summed E-state index contributed by atoms with van der Waals surface area (Å²) in [6.07, 6.45) is 6.76. The molecule has 0 bridgehead atoms. The van der Waals surface area contributed by atoms with Gasteiger partial charge in [0.2, 0.25) is 5.91 Å². The third-order valence-electron chi connectivity index (χ3n) is 4.39. The first-order chi connectivity index (χ1) is 13.6. The Balaban J connectivity index is 1.83. The zero-order chi connectivity index (χ0) is 19.9. The van der Waals surface area contributed by atoms with Crippen LogP contribution in [0.4, 0.5) is 0 Å². The molecule has 6 heteroatoms. The van der Waals surface area contributed by atoms with Crippen molar-refractivity contribution in [3.63, 3.8) is 0 Å². The number of carbonyl (C=O) groups excluding carboxylic acids is 1. The molecular weight excluding hydrogens is 354 g/mol. The van der Waals surface area contributed by atoms with Crippen molar-refractivity contribution in [3.8, 4) is 11.5 Å². The molecule has 28 heavy (non-hydrogen) atoms. The summed E-state index contributed by atoms with van der Waals surface area (Å²) in [4.78, 5) is 17.1. The van der Waals surface area contributed by atoms with Gasteiger partial charge in [-0.25, -0.2) is 4.98 Å². The number of rotatable bonds is 7. The van der Waals surface area contributed by atoms with E-state index in [1.807, 2.05) is 60.3 Å². The minimum atomic E-state index is -0.356. The summed E-state index contributed by atoms with van der Waals surface area (Å²) in [5.74, 6) is 1.87. The lowest BCUT2D eigenvalue weighted by molar-refractivity contribution is -0.117. The number of aromatic nitrogens is 2. The van der Waals surface area contributed by atoms with Gasteiger partial charge >= 0.3 is 0 Å². The van der Waals surface area contributed by atoms with Gasteiger partial charge in [-0.05, 0) is 29.8 Å². The lowest BCUT2D eigenvalue weighted by Crippen LogP contribution is -2.29. The van der Waals surface area contributed by atoms with E-state index in [0.717, 1.165) is 17.0 Å². The fraction of sp³-hybridized carbons (Fsp3) is 0.182. The Morgan fingerprint density at radius 1 is 1.14 bits per heavy atom. The molecule has 2 aromatic carbocycles. The summed E-state index contributed by atoms with van der Waals surface area (Å²) in [7, 11) is 5.09. The van der Waals surface area contributed by atoms with Crippen LogP contribution in [-0.4, -0.2) is 29.7 Å². The van der Waals surface area contributed by atoms with Crippen LogP contribution in [-0.2, 0) is 11.8 Å². The second-order valence-corrected chi connectivity index (χ2v) is 6.19. The van der Waals surface area contributed by atoms with Crippen LogP contribution in [0, 0.1) is 0 Å². The summed E-state index contributed by atoms with van der Waals surface area (Å²) in [6.45, 7) is 0. The van der Waals surface area contributed by atoms with E-state index in [1.54, 1.807) is 32.6 Å². The van der Waals surface area contributed by atoms with E-state index < -0.39 is 0 Å². The van der Waals surface area contributed by atoms with Crippen molar-refractivity contribution < 1.29 is 14.3 Å². The number of ether oxygens (including phenoxy) is 2. The van der Waals surface area contributed by atoms with Crippen LogP contribution >= 0.6 is 0 Å². The number of nitrogens with zero attached hydrogens (tertiary/aromatic N) is 2. The fourth-order valence-corrected chi connectivity index (χ4v) is 2.92. The van der Waals surface area contributed by atoms with Crippen molar-refractivity contribution in [3.05, 3.63) is 84.0 Å². The maximum absolute atomic E-state index is 12.7. The Morgan fingerprint density at radius 2 is 1.93 bits per heavy atom. The zero-order valence-electron chi connectivity index (χ0n) is 16.1. The number of methoxy groups -OCH3 is 2. The molecule has 0 spiro atoms. The van der Waals surface area contributed by atoms with E-state index in [-0.39, 0.29) is 11.9 Å². The first-order valence-corrected chi connectivity index (χ1v) is 8.85. The van der Waals surface area contributed by atoms with Crippen LogP contribution in [0.2, 0.25) is 0 Å². The van der Waals surface area contributed by atoms with E-state index in [0.29, 0.717) is 11.5 Å². The lowest BCUT2D eigenvalue weighted by atomic mass is 10.1. The summed E-state index contributed by atoms with van der Waals surface area (Å²) >= 11 is 0. The van der Waals surface area contributed by atoms with Gasteiger partial charge in [0.25, 0.3) is 0 Å². The van der Waals surface area contributed by atoms with Crippen LogP contribution in [0.15, 0.2) is 67.0 Å². The molecule has 3 aromatic rings. The molecule has 6 nitrogen and oxygen atoms in total. The van der Waals surface area contributed by atoms with Crippen LogP contribution < -0.4 is 14.8 Å². The van der Waals surface area contributed by atoms with Crippen LogP contribution in [0.5, 0.6) is 11.5 Å². The molecule has 0 unspecified atom stereocenters. The maximum Gasteiger partial charge on any atom is 0.244 e. The van der Waals surface area contributed by atoms with E-state index in [4.69, 9.17) is 9.47 Å². The van der Waals surface area contributed by atoms with Crippen LogP contribution in [0.3, 0.4) is 0 Å². The Kier molecular flexibility index (Phi) is 6.11. The lowest BCUT2D eigenvalue weighted by Gasteiger charge is -2.18. The monoisotopic (exact) mass is 377 g/mol. The Morgan fingerprint density at radius 3 is 2.57 bits per heavy atom. The predicted octanol–water partition coefficient (Wildman–Crippen LogP) is 3.36. The van der Waals surface area contributed by atoms with Crippen molar-refractivity contribution in [2.24, 2.45) is 7.05 Å². The van der Waals surface area contributed by atoms with Crippen LogP contribution in [0.1, 0.15) is 23.0 Å². The summed E-state index contributed by atoms with van der Waals surface area (Å²) in [6, 6.07) is 14.8. The van der Waals surface area contributed by atoms with Gasteiger partial charge in [-0.3, -0.25) is 4.79 Å². The SMILES string of the molecule is COc1ccc(OC)c(/C=C/C(=O)N[C@H](c2ccccc2)c2nccn2C)c1. The molecule has 1 atom stereocenters. The highest BCUT2D eigenvalue weighted by Crippen LogP contribution is 2.25. The molecule has 1 heterocycles. The standard InChI is InChI=1S/C22H23N3O3/c1-25-14-13-23-22(25)21(16-7-5-4-6-8-16)24-20(26)12-9-17-15-18(27-2)10-11-19(17)28-3/h4-15,21H,1-3H3,(H,24,26)/b12-9+/t21-/m1/s1. The predicted molar refractivity (Wildman–Crippen MR) is 108 cm³/mol. The number of imidazole rings is 1. The average Bonchev–Trinajstić information content (AvgIpc) is 3.16. The molecule has 0 radical (unpaired) electrons. The van der Waals surface area contributed by atoms with E-state index >= 15 is 0 Å². The topological polar surface area (TPSA) is 65.4 Å². The number of hydrogen-bond acceptors (Lipinski definition) is 4. The Labute approximate surface area is 164 Å². The van der Waals surface area contributed by atoms with Crippen molar-refractivity contribution in [2.45, 2.75) is 6.04 Å². The summed E-state index contributed by atoms with van der Waals surface area (Å²) in [5.41, 5.74) is 1.71. The first-order valence-electron chi connectivity index (χ1n) is 8.85. The molecule has 1 N–H and O–H groups in total. The van der Waals surface area contributed by atoms with Gasteiger partial charge in [-0.2, -0.15) is 0 Å². The normalized spacial score (nSPS) is 12.0. The highest BCUT2D eigenvalue weighted by molar-refractivity contribution is 5.92. The van der Waals surface area contributed by atoms with Gasteiger partial charge in [0.15, 0.2) is 0 Å². The highest BCUT2D eigenvalue weighted by atomic mass is 16.5. The average molecular weight is 377 g/mol. The Hall–Kier alpha value is -3.54. The van der Waals surface area contributed by atoms with Crippen molar-refractivity contribution in [1.82, 2.24) is 14.9 Å². The van der Waals surface area contributed by atoms with Crippen molar-refractivity contribution in [1.29, 1.82) is 0 Å². The Bertz CT molecular complexity index is 964. The number of hydrogen-bond donors (Lipinski definition) is 1. The quantitative estimate of drug-likeness (QED) is 0.641. The second kappa shape index (κ2) is 8.90. The summed E-state index contributed by atoms with van der Waals surface area (Å²) in [5, 5.41) is 3.03. The number of carbonyl (C=O) groups is 1. The van der Waals surface area contributed by atoms with Gasteiger partial charge in [0, 0.05) is 31.1 Å². The number of benzene rings is 2. The van der Waals surface area contributed by atoms with Gasteiger partial charge < -0.3 is 19.4 Å². The molecule has 0 aliphatic carbocycles. The third kappa shape index (κ3) is 4.40. The zero-order valence-corrected chi connectivity index (χ0v) is 16.1. The molecule has 3 rings (SSSR count). The van der Waals surface area contributed by atoms with E-state index in [9.17, 15) is 4.79 Å². The first kappa shape index (κ1) is 19.2. The smallest absolute Gasteiger partial charge is 0.244 e. The molecule has 0 saturated heterocycles. The highest BCUT2D eigenvalue weighted by Gasteiger charge is 2.19. The maximum atomic E-state index is 12.7. The molecule has 0 fully saturated rings. The van der Waals surface area contributed by atoms with Gasteiger partial charge in [-0.1, -0.05) is 30.3 Å². The van der Waals surface area contributed by atoms with Crippen molar-refractivity contribution in [2.75, 3.05) is 14.2 Å². The van der Waals surface area contributed by atoms with Gasteiger partial charge in [0.05, 0.1) is 14.2 Å². The number of amides is 1. The third-order valence-corrected chi connectivity index (χ3v) is 4.39. The van der Waals surface area contributed by atoms with E-state index in [2.05, 4.69) is 10.3 Å². The fourth-order valence-electron chi connectivity index (χ4n) is 2.92. The molecule has 0 saturated carbocycles. The minimum Gasteiger partial charge on any atom is -0.497 e. The molecule has 0 aliphatic heterocycles. The number of nitrogens with one attached hydrogen (secondary N) is 1. The molecule has 144 valence electrons. The molecule has 1 aromatic heterocycles. The minimum absolute atomic E-state index is 0.235. The molecule has 0 aliphatic rings. The van der Waals surface area contributed by atoms with Gasteiger partial charge in [0.1, 0.15) is 23.4 Å². The molecular formula is C22H23N3O3. The van der Waals surface area contributed by atoms with Gasteiger partial charge in [-0.15, -0.1) is 0 Å². The largest absolute Gasteiger partial charge is 0.497 e. The number of aryl methyl sites for hydroxylation is 1.